The Labute approximate surface area is 107 Å². The number of methoxy groups -OCH3 is 1. The fourth-order valence-electron chi connectivity index (χ4n) is 1.55. The van der Waals surface area contributed by atoms with Crippen LogP contribution in [-0.4, -0.2) is 23.6 Å². The second kappa shape index (κ2) is 6.28. The number of benzene rings is 1. The second-order valence-corrected chi connectivity index (χ2v) is 5.64. The van der Waals surface area contributed by atoms with Crippen molar-refractivity contribution < 1.29 is 9.84 Å². The molecular weight excluding hydrogens is 234 g/mol. The van der Waals surface area contributed by atoms with Crippen LogP contribution in [0.15, 0.2) is 23.1 Å². The van der Waals surface area contributed by atoms with Crippen LogP contribution in [0.25, 0.3) is 0 Å². The summed E-state index contributed by atoms with van der Waals surface area (Å²) >= 11 is 1.63. The Hall–Kier alpha value is -0.710. The van der Waals surface area contributed by atoms with Gasteiger partial charge in [0.15, 0.2) is 0 Å². The van der Waals surface area contributed by atoms with Gasteiger partial charge in [-0.1, -0.05) is 13.0 Å². The molecule has 1 aromatic rings. The predicted molar refractivity (Wildman–Crippen MR) is 72.6 cm³/mol. The van der Waals surface area contributed by atoms with Gasteiger partial charge in [0.05, 0.1) is 13.2 Å². The van der Waals surface area contributed by atoms with E-state index in [2.05, 4.69) is 0 Å². The highest BCUT2D eigenvalue weighted by Gasteiger charge is 2.17. The molecule has 0 radical (unpaired) electrons. The van der Waals surface area contributed by atoms with Crippen molar-refractivity contribution in [2.75, 3.05) is 7.11 Å². The van der Waals surface area contributed by atoms with Gasteiger partial charge in [-0.2, -0.15) is 0 Å². The molecule has 3 N–H and O–H groups in total. The van der Waals surface area contributed by atoms with Gasteiger partial charge in [-0.15, -0.1) is 11.8 Å². The first kappa shape index (κ1) is 14.4. The van der Waals surface area contributed by atoms with E-state index in [-0.39, 0.29) is 17.4 Å². The van der Waals surface area contributed by atoms with Crippen LogP contribution in [-0.2, 0) is 0 Å². The van der Waals surface area contributed by atoms with Crippen molar-refractivity contribution in [3.8, 4) is 5.75 Å². The van der Waals surface area contributed by atoms with Crippen molar-refractivity contribution in [1.82, 2.24) is 0 Å². The molecule has 2 unspecified atom stereocenters. The molecule has 96 valence electrons. The maximum absolute atomic E-state index is 9.55. The van der Waals surface area contributed by atoms with E-state index in [4.69, 9.17) is 10.5 Å². The minimum absolute atomic E-state index is 0.0881. The van der Waals surface area contributed by atoms with Gasteiger partial charge in [0, 0.05) is 21.8 Å². The van der Waals surface area contributed by atoms with E-state index in [0.717, 1.165) is 16.2 Å². The van der Waals surface area contributed by atoms with Crippen LogP contribution >= 0.6 is 11.8 Å². The van der Waals surface area contributed by atoms with Crippen molar-refractivity contribution in [2.24, 2.45) is 5.73 Å². The third-order valence-corrected chi connectivity index (χ3v) is 4.07. The standard InChI is InChI=1S/C13H21NO2S/c1-8(14)13-11(16-4)6-5-7-12(13)17-10(3)9(2)15/h5-10,15H,14H2,1-4H3/t8-,9?,10?/m1/s1. The molecule has 1 aromatic carbocycles. The van der Waals surface area contributed by atoms with Gasteiger partial charge in [0.2, 0.25) is 0 Å². The molecule has 0 aliphatic rings. The fourth-order valence-corrected chi connectivity index (χ4v) is 2.72. The smallest absolute Gasteiger partial charge is 0.124 e. The quantitative estimate of drug-likeness (QED) is 0.794. The van der Waals surface area contributed by atoms with Crippen LogP contribution in [0.5, 0.6) is 5.75 Å². The minimum Gasteiger partial charge on any atom is -0.496 e. The minimum atomic E-state index is -0.355. The first-order valence-corrected chi connectivity index (χ1v) is 6.62. The molecule has 0 saturated heterocycles. The molecule has 1 rings (SSSR count). The number of thioether (sulfide) groups is 1. The molecule has 0 saturated carbocycles. The van der Waals surface area contributed by atoms with Crippen LogP contribution in [0.2, 0.25) is 0 Å². The van der Waals surface area contributed by atoms with E-state index < -0.39 is 0 Å². The Kier molecular flexibility index (Phi) is 5.31. The Morgan fingerprint density at radius 1 is 1.29 bits per heavy atom. The molecule has 0 fully saturated rings. The van der Waals surface area contributed by atoms with E-state index in [1.54, 1.807) is 25.8 Å². The summed E-state index contributed by atoms with van der Waals surface area (Å²) < 4.78 is 5.33. The number of rotatable bonds is 5. The van der Waals surface area contributed by atoms with Crippen molar-refractivity contribution >= 4 is 11.8 Å². The second-order valence-electron chi connectivity index (χ2n) is 4.22. The number of aliphatic hydroxyl groups excluding tert-OH is 1. The van der Waals surface area contributed by atoms with Crippen molar-refractivity contribution in [2.45, 2.75) is 43.1 Å². The number of hydrogen-bond acceptors (Lipinski definition) is 4. The first-order chi connectivity index (χ1) is 7.97. The lowest BCUT2D eigenvalue weighted by atomic mass is 10.1. The highest BCUT2D eigenvalue weighted by Crippen LogP contribution is 2.36. The zero-order valence-corrected chi connectivity index (χ0v) is 11.6. The Morgan fingerprint density at radius 2 is 1.94 bits per heavy atom. The van der Waals surface area contributed by atoms with Gasteiger partial charge >= 0.3 is 0 Å². The number of ether oxygens (including phenoxy) is 1. The number of hydrogen-bond donors (Lipinski definition) is 2. The highest BCUT2D eigenvalue weighted by atomic mass is 32.2. The fraction of sp³-hybridized carbons (Fsp3) is 0.538. The molecule has 0 aromatic heterocycles. The first-order valence-electron chi connectivity index (χ1n) is 5.74. The molecule has 0 bridgehead atoms. The summed E-state index contributed by atoms with van der Waals surface area (Å²) in [5.74, 6) is 0.808. The molecule has 4 heteroatoms. The summed E-state index contributed by atoms with van der Waals surface area (Å²) in [6, 6.07) is 5.79. The molecule has 0 amide bonds. The van der Waals surface area contributed by atoms with E-state index in [9.17, 15) is 5.11 Å². The average Bonchev–Trinajstić information content (AvgIpc) is 2.27. The molecule has 0 heterocycles. The van der Waals surface area contributed by atoms with Crippen molar-refractivity contribution in [1.29, 1.82) is 0 Å². The van der Waals surface area contributed by atoms with Crippen LogP contribution in [0.3, 0.4) is 0 Å². The monoisotopic (exact) mass is 255 g/mol. The third-order valence-electron chi connectivity index (χ3n) is 2.69. The van der Waals surface area contributed by atoms with E-state index in [0.29, 0.717) is 0 Å². The Bertz CT molecular complexity index is 366. The summed E-state index contributed by atoms with van der Waals surface area (Å²) in [6.07, 6.45) is -0.355. The van der Waals surface area contributed by atoms with Crippen LogP contribution in [0.1, 0.15) is 32.4 Å². The lowest BCUT2D eigenvalue weighted by Gasteiger charge is -2.20. The van der Waals surface area contributed by atoms with Crippen LogP contribution in [0, 0.1) is 0 Å². The summed E-state index contributed by atoms with van der Waals surface area (Å²) in [4.78, 5) is 1.08. The molecule has 3 atom stereocenters. The molecular formula is C13H21NO2S. The zero-order valence-electron chi connectivity index (χ0n) is 10.8. The molecule has 17 heavy (non-hydrogen) atoms. The van der Waals surface area contributed by atoms with Crippen LogP contribution in [0.4, 0.5) is 0 Å². The van der Waals surface area contributed by atoms with Gasteiger partial charge in [-0.3, -0.25) is 0 Å². The zero-order chi connectivity index (χ0) is 13.0. The van der Waals surface area contributed by atoms with Crippen LogP contribution < -0.4 is 10.5 Å². The Balaban J connectivity index is 3.06. The Morgan fingerprint density at radius 3 is 2.41 bits per heavy atom. The van der Waals surface area contributed by atoms with Crippen molar-refractivity contribution in [3.05, 3.63) is 23.8 Å². The summed E-state index contributed by atoms with van der Waals surface area (Å²) in [7, 11) is 1.65. The summed E-state index contributed by atoms with van der Waals surface area (Å²) in [5.41, 5.74) is 6.99. The SMILES string of the molecule is COc1cccc(SC(C)C(C)O)c1[C@@H](C)N. The van der Waals surface area contributed by atoms with Gasteiger partial charge in [0.25, 0.3) is 0 Å². The largest absolute Gasteiger partial charge is 0.496 e. The van der Waals surface area contributed by atoms with Gasteiger partial charge in [-0.25, -0.2) is 0 Å². The van der Waals surface area contributed by atoms with Gasteiger partial charge < -0.3 is 15.6 Å². The molecule has 0 aliphatic heterocycles. The number of aliphatic hydroxyl groups is 1. The third kappa shape index (κ3) is 3.63. The van der Waals surface area contributed by atoms with Crippen molar-refractivity contribution in [3.63, 3.8) is 0 Å². The summed E-state index contributed by atoms with van der Waals surface area (Å²) in [5, 5.41) is 9.68. The normalized spacial score (nSPS) is 16.4. The maximum atomic E-state index is 9.55. The maximum Gasteiger partial charge on any atom is 0.124 e. The topological polar surface area (TPSA) is 55.5 Å². The van der Waals surface area contributed by atoms with E-state index in [1.165, 1.54) is 0 Å². The predicted octanol–water partition coefficient (Wildman–Crippen LogP) is 2.58. The van der Waals surface area contributed by atoms with E-state index in [1.807, 2.05) is 32.0 Å². The summed E-state index contributed by atoms with van der Waals surface area (Å²) in [6.45, 7) is 5.73. The average molecular weight is 255 g/mol. The van der Waals surface area contributed by atoms with Gasteiger partial charge in [0.1, 0.15) is 5.75 Å². The lowest BCUT2D eigenvalue weighted by molar-refractivity contribution is 0.196. The molecule has 0 spiro atoms. The van der Waals surface area contributed by atoms with Gasteiger partial charge in [-0.05, 0) is 26.0 Å². The highest BCUT2D eigenvalue weighted by molar-refractivity contribution is 8.00. The van der Waals surface area contributed by atoms with E-state index >= 15 is 0 Å². The number of nitrogens with two attached hydrogens (primary N) is 1. The molecule has 3 nitrogen and oxygen atoms in total. The lowest BCUT2D eigenvalue weighted by Crippen LogP contribution is -2.16. The molecule has 0 aliphatic carbocycles.